The summed E-state index contributed by atoms with van der Waals surface area (Å²) in [5.41, 5.74) is 10.5. The minimum atomic E-state index is -0.711. The molecule has 0 amide bonds. The van der Waals surface area contributed by atoms with E-state index >= 15 is 0 Å². The molecule has 0 heterocycles. The fraction of sp³-hybridized carbons (Fsp3) is 0.833. The van der Waals surface area contributed by atoms with Crippen molar-refractivity contribution in [2.24, 2.45) is 11.5 Å². The Morgan fingerprint density at radius 1 is 0.850 bits per heavy atom. The minimum Gasteiger partial charge on any atom is -0.481 e. The van der Waals surface area contributed by atoms with Gasteiger partial charge in [-0.25, -0.2) is 0 Å². The molecule has 6 nitrogen and oxygen atoms in total. The molecule has 0 radical (unpaired) electrons. The van der Waals surface area contributed by atoms with E-state index < -0.39 is 11.9 Å². The molecule has 0 aliphatic heterocycles. The predicted molar refractivity (Wildman–Crippen MR) is 88.1 cm³/mol. The third-order valence-electron chi connectivity index (χ3n) is 1.41. The van der Waals surface area contributed by atoms with E-state index in [0.717, 1.165) is 37.4 Å². The lowest BCUT2D eigenvalue weighted by molar-refractivity contribution is -0.138. The molecule has 0 saturated carbocycles. The van der Waals surface area contributed by atoms with Crippen molar-refractivity contribution >= 4 is 33.5 Å². The molecule has 0 unspecified atom stereocenters. The van der Waals surface area contributed by atoms with Crippen molar-refractivity contribution < 1.29 is 19.8 Å². The van der Waals surface area contributed by atoms with Crippen molar-refractivity contribution in [1.82, 2.24) is 0 Å². The Kier molecular flexibility index (Phi) is 29.0. The van der Waals surface area contributed by atoms with Crippen LogP contribution in [0.2, 0.25) is 0 Å². The lowest BCUT2D eigenvalue weighted by Gasteiger charge is -1.93. The van der Waals surface area contributed by atoms with Crippen LogP contribution in [0.3, 0.4) is 0 Å². The molecule has 6 N–H and O–H groups in total. The van der Waals surface area contributed by atoms with Gasteiger partial charge in [0.25, 0.3) is 0 Å². The average molecular weight is 329 g/mol. The van der Waals surface area contributed by atoms with Gasteiger partial charge in [-0.15, -0.1) is 0 Å². The molecule has 0 bridgehead atoms. The quantitative estimate of drug-likeness (QED) is 0.374. The Hall–Kier alpha value is -0.440. The van der Waals surface area contributed by atoms with E-state index in [9.17, 15) is 9.59 Å². The highest BCUT2D eigenvalue weighted by atomic mass is 33.1. The van der Waals surface area contributed by atoms with Crippen molar-refractivity contribution in [2.45, 2.75) is 39.5 Å². The van der Waals surface area contributed by atoms with Crippen LogP contribution in [0.25, 0.3) is 0 Å². The molecule has 0 aromatic rings. The van der Waals surface area contributed by atoms with E-state index in [1.165, 1.54) is 0 Å². The van der Waals surface area contributed by atoms with Crippen molar-refractivity contribution in [3.05, 3.63) is 0 Å². The fourth-order valence-electron chi connectivity index (χ4n) is 0.642. The summed E-state index contributed by atoms with van der Waals surface area (Å²) in [7, 11) is 3.58. The van der Waals surface area contributed by atoms with Gasteiger partial charge in [0.1, 0.15) is 0 Å². The molecule has 20 heavy (non-hydrogen) atoms. The van der Waals surface area contributed by atoms with Crippen LogP contribution in [0.5, 0.6) is 0 Å². The number of aliphatic carboxylic acids is 2. The number of rotatable bonds is 9. The van der Waals surface area contributed by atoms with Gasteiger partial charge in [-0.3, -0.25) is 9.59 Å². The van der Waals surface area contributed by atoms with E-state index in [0.29, 0.717) is 12.8 Å². The number of carboxylic acids is 2. The van der Waals surface area contributed by atoms with E-state index in [1.807, 2.05) is 13.8 Å². The number of carboxylic acid groups (broad SMARTS) is 2. The zero-order valence-electron chi connectivity index (χ0n) is 12.3. The van der Waals surface area contributed by atoms with Gasteiger partial charge >= 0.3 is 11.9 Å². The van der Waals surface area contributed by atoms with E-state index in [-0.39, 0.29) is 0 Å². The molecule has 0 atom stereocenters. The van der Waals surface area contributed by atoms with Gasteiger partial charge in [0.15, 0.2) is 0 Å². The van der Waals surface area contributed by atoms with Gasteiger partial charge in [-0.2, -0.15) is 0 Å². The molecular weight excluding hydrogens is 300 g/mol. The second-order valence-corrected chi connectivity index (χ2v) is 6.21. The highest BCUT2D eigenvalue weighted by molar-refractivity contribution is 8.76. The van der Waals surface area contributed by atoms with Crippen LogP contribution in [0, 0.1) is 0 Å². The Morgan fingerprint density at radius 3 is 1.25 bits per heavy atom. The smallest absolute Gasteiger partial charge is 0.303 e. The molecule has 0 spiro atoms. The standard InChI is InChI=1S/C4H12N2S2.2C4H8O2/c5-1-3-7-8-4-2-6;2*1-2-3-4(5)6/h1-6H2;2*2-3H2,1H3,(H,5,6). The van der Waals surface area contributed by atoms with Gasteiger partial charge < -0.3 is 21.7 Å². The monoisotopic (exact) mass is 328 g/mol. The van der Waals surface area contributed by atoms with Crippen molar-refractivity contribution in [3.63, 3.8) is 0 Å². The average Bonchev–Trinajstić information content (AvgIpc) is 2.36. The Labute approximate surface area is 129 Å². The predicted octanol–water partition coefficient (Wildman–Crippen LogP) is 2.03. The van der Waals surface area contributed by atoms with Gasteiger partial charge in [0.2, 0.25) is 0 Å². The van der Waals surface area contributed by atoms with Crippen LogP contribution in [-0.2, 0) is 9.59 Å². The lowest BCUT2D eigenvalue weighted by atomic mass is 10.4. The zero-order valence-corrected chi connectivity index (χ0v) is 14.0. The first-order chi connectivity index (χ1) is 9.45. The molecule has 0 aliphatic rings. The molecule has 8 heteroatoms. The summed E-state index contributed by atoms with van der Waals surface area (Å²) < 4.78 is 0. The SMILES string of the molecule is CCCC(=O)O.CCCC(=O)O.NCCSSCCN. The molecular formula is C12H28N2O4S2. The summed E-state index contributed by atoms with van der Waals surface area (Å²) in [5.74, 6) is 0.644. The first kappa shape index (κ1) is 24.6. The highest BCUT2D eigenvalue weighted by Gasteiger charge is 1.88. The molecule has 0 aliphatic carbocycles. The highest BCUT2D eigenvalue weighted by Crippen LogP contribution is 2.18. The molecule has 122 valence electrons. The summed E-state index contributed by atoms with van der Waals surface area (Å²) in [5, 5.41) is 15.8. The minimum absolute atomic E-state index is 0.292. The van der Waals surface area contributed by atoms with E-state index in [2.05, 4.69) is 0 Å². The maximum Gasteiger partial charge on any atom is 0.303 e. The fourth-order valence-corrected chi connectivity index (χ4v) is 2.35. The molecule has 0 aromatic carbocycles. The van der Waals surface area contributed by atoms with Crippen LogP contribution in [-0.4, -0.2) is 46.7 Å². The van der Waals surface area contributed by atoms with Gasteiger partial charge in [0.05, 0.1) is 0 Å². The van der Waals surface area contributed by atoms with E-state index in [4.69, 9.17) is 21.7 Å². The second-order valence-electron chi connectivity index (χ2n) is 3.51. The van der Waals surface area contributed by atoms with Gasteiger partial charge in [-0.05, 0) is 12.8 Å². The molecule has 0 saturated heterocycles. The maximum atomic E-state index is 9.60. The maximum absolute atomic E-state index is 9.60. The number of carbonyl (C=O) groups is 2. The summed E-state index contributed by atoms with van der Waals surface area (Å²) in [6.07, 6.45) is 2.05. The third-order valence-corrected chi connectivity index (χ3v) is 3.88. The first-order valence-corrected chi connectivity index (χ1v) is 9.03. The number of hydrogen-bond acceptors (Lipinski definition) is 6. The molecule has 0 rings (SSSR count). The lowest BCUT2D eigenvalue weighted by Crippen LogP contribution is -2.02. The Morgan fingerprint density at radius 2 is 1.15 bits per heavy atom. The Balaban J connectivity index is -0.000000221. The summed E-state index contributed by atoms with van der Waals surface area (Å²) in [4.78, 5) is 19.2. The van der Waals surface area contributed by atoms with Crippen LogP contribution < -0.4 is 11.5 Å². The molecule has 0 fully saturated rings. The van der Waals surface area contributed by atoms with Gasteiger partial charge in [0, 0.05) is 37.4 Å². The summed E-state index contributed by atoms with van der Waals surface area (Å²) >= 11 is 0. The van der Waals surface area contributed by atoms with Crippen molar-refractivity contribution in [1.29, 1.82) is 0 Å². The van der Waals surface area contributed by atoms with Crippen LogP contribution in [0.15, 0.2) is 0 Å². The van der Waals surface area contributed by atoms with Crippen LogP contribution >= 0.6 is 21.6 Å². The second kappa shape index (κ2) is 23.6. The topological polar surface area (TPSA) is 127 Å². The zero-order chi connectivity index (χ0) is 16.2. The normalized spacial score (nSPS) is 8.80. The van der Waals surface area contributed by atoms with Gasteiger partial charge in [-0.1, -0.05) is 35.4 Å². The largest absolute Gasteiger partial charge is 0.481 e. The summed E-state index contributed by atoms with van der Waals surface area (Å²) in [6.45, 7) is 5.21. The van der Waals surface area contributed by atoms with Crippen LogP contribution in [0.4, 0.5) is 0 Å². The number of nitrogens with two attached hydrogens (primary N) is 2. The number of hydrogen-bond donors (Lipinski definition) is 4. The Bertz CT molecular complexity index is 198. The van der Waals surface area contributed by atoms with Crippen molar-refractivity contribution in [2.75, 3.05) is 24.6 Å². The van der Waals surface area contributed by atoms with Crippen molar-refractivity contribution in [3.8, 4) is 0 Å². The summed E-state index contributed by atoms with van der Waals surface area (Å²) in [6, 6.07) is 0. The third kappa shape index (κ3) is 43.2. The first-order valence-electron chi connectivity index (χ1n) is 6.54. The molecule has 0 aromatic heterocycles. The van der Waals surface area contributed by atoms with E-state index in [1.54, 1.807) is 21.6 Å². The van der Waals surface area contributed by atoms with Crippen LogP contribution in [0.1, 0.15) is 39.5 Å².